The minimum atomic E-state index is -4.67. The van der Waals surface area contributed by atoms with Crippen LogP contribution >= 0.6 is 15.9 Å². The van der Waals surface area contributed by atoms with E-state index >= 15 is 0 Å². The molecule has 7 nitrogen and oxygen atoms in total. The van der Waals surface area contributed by atoms with Gasteiger partial charge in [0.1, 0.15) is 11.6 Å². The van der Waals surface area contributed by atoms with Gasteiger partial charge in [0, 0.05) is 24.0 Å². The van der Waals surface area contributed by atoms with E-state index in [9.17, 15) is 22.8 Å². The van der Waals surface area contributed by atoms with Crippen LogP contribution in [0, 0.1) is 5.41 Å². The standard InChI is InChI=1S/C27H26BrF3N4O3/c1-2-38-24(37)19(33-21-20(28)22(36)26(21)12-4-3-5-13-26)15-16-8-10-17(11-9-16)35-23-18(7-6-14-32-23)34-25(35)27(29,30)31/h6-11,14,19,33H,2-5,12-13,15H2,1H3/t19-/m0/s1. The Balaban J connectivity index is 1.43. The fraction of sp³-hybridized carbons (Fsp3) is 0.407. The van der Waals surface area contributed by atoms with Gasteiger partial charge in [-0.1, -0.05) is 31.4 Å². The molecule has 3 aromatic rings. The average molecular weight is 591 g/mol. The first-order chi connectivity index (χ1) is 18.2. The fourth-order valence-corrected chi connectivity index (χ4v) is 6.27. The summed E-state index contributed by atoms with van der Waals surface area (Å²) in [5, 5.41) is 3.29. The highest BCUT2D eigenvalue weighted by Crippen LogP contribution is 2.53. The Kier molecular flexibility index (Phi) is 7.06. The zero-order valence-electron chi connectivity index (χ0n) is 20.6. The number of nitrogens with zero attached hydrogens (tertiary/aromatic N) is 3. The Hall–Kier alpha value is -3.21. The summed E-state index contributed by atoms with van der Waals surface area (Å²) in [5.41, 5.74) is 1.35. The number of hydrogen-bond acceptors (Lipinski definition) is 6. The van der Waals surface area contributed by atoms with Gasteiger partial charge in [-0.2, -0.15) is 13.2 Å². The van der Waals surface area contributed by atoms with Crippen molar-refractivity contribution in [2.24, 2.45) is 5.41 Å². The molecular formula is C27H26BrF3N4O3. The molecular weight excluding hydrogens is 565 g/mol. The van der Waals surface area contributed by atoms with Crippen LogP contribution in [0.15, 0.2) is 52.8 Å². The summed E-state index contributed by atoms with van der Waals surface area (Å²) in [6.45, 7) is 1.91. The minimum absolute atomic E-state index is 0.0632. The number of esters is 1. The quantitative estimate of drug-likeness (QED) is 0.358. The van der Waals surface area contributed by atoms with Crippen LogP contribution in [-0.2, 0) is 26.9 Å². The molecule has 200 valence electrons. The third-order valence-corrected chi connectivity index (χ3v) is 7.99. The smallest absolute Gasteiger partial charge is 0.450 e. The lowest BCUT2D eigenvalue weighted by Crippen LogP contribution is -2.53. The number of carbonyl (C=O) groups excluding carboxylic acids is 2. The number of ketones is 1. The van der Waals surface area contributed by atoms with Crippen LogP contribution in [0.4, 0.5) is 13.2 Å². The van der Waals surface area contributed by atoms with Gasteiger partial charge in [-0.3, -0.25) is 9.36 Å². The van der Waals surface area contributed by atoms with Gasteiger partial charge in [-0.15, -0.1) is 0 Å². The van der Waals surface area contributed by atoms with E-state index in [-0.39, 0.29) is 35.7 Å². The SMILES string of the molecule is CCOC(=O)[C@H](Cc1ccc(-n2c(C(F)(F)F)nc3cccnc32)cc1)NC1=C(Br)C(=O)C12CCCCC2. The van der Waals surface area contributed by atoms with Crippen LogP contribution in [-0.4, -0.2) is 38.9 Å². The predicted octanol–water partition coefficient (Wildman–Crippen LogP) is 5.64. The number of alkyl halides is 3. The zero-order chi connectivity index (χ0) is 27.1. The number of Topliss-reactive ketones (excluding diaryl/α,β-unsaturated/α-hetero) is 1. The molecule has 11 heteroatoms. The lowest BCUT2D eigenvalue weighted by molar-refractivity contribution is -0.146. The van der Waals surface area contributed by atoms with Crippen molar-refractivity contribution in [2.75, 3.05) is 6.61 Å². The maximum atomic E-state index is 13.8. The predicted molar refractivity (Wildman–Crippen MR) is 138 cm³/mol. The van der Waals surface area contributed by atoms with Crippen LogP contribution in [0.1, 0.15) is 50.4 Å². The minimum Gasteiger partial charge on any atom is -0.464 e. The second kappa shape index (κ2) is 10.2. The van der Waals surface area contributed by atoms with Crippen LogP contribution in [0.5, 0.6) is 0 Å². The Bertz CT molecular complexity index is 1410. The van der Waals surface area contributed by atoms with Crippen molar-refractivity contribution in [1.29, 1.82) is 0 Å². The molecule has 5 rings (SSSR count). The molecule has 0 radical (unpaired) electrons. The molecule has 1 N–H and O–H groups in total. The number of ether oxygens (including phenoxy) is 1. The summed E-state index contributed by atoms with van der Waals surface area (Å²) >= 11 is 3.39. The molecule has 1 aromatic carbocycles. The Labute approximate surface area is 225 Å². The van der Waals surface area contributed by atoms with Crippen molar-refractivity contribution in [2.45, 2.75) is 57.7 Å². The van der Waals surface area contributed by atoms with Crippen molar-refractivity contribution >= 4 is 38.8 Å². The topological polar surface area (TPSA) is 86.1 Å². The van der Waals surface area contributed by atoms with E-state index in [0.717, 1.165) is 42.4 Å². The molecule has 2 heterocycles. The number of pyridine rings is 1. The molecule has 1 spiro atoms. The maximum Gasteiger partial charge on any atom is 0.450 e. The molecule has 2 aromatic heterocycles. The number of aromatic nitrogens is 3. The number of carbonyl (C=O) groups is 2. The Morgan fingerprint density at radius 2 is 1.89 bits per heavy atom. The molecule has 2 aliphatic carbocycles. The third-order valence-electron chi connectivity index (χ3n) is 7.23. The Morgan fingerprint density at radius 3 is 2.55 bits per heavy atom. The lowest BCUT2D eigenvalue weighted by atomic mass is 9.62. The summed E-state index contributed by atoms with van der Waals surface area (Å²) in [4.78, 5) is 33.5. The fourth-order valence-electron chi connectivity index (χ4n) is 5.39. The van der Waals surface area contributed by atoms with Gasteiger partial charge in [-0.25, -0.2) is 14.8 Å². The molecule has 0 bridgehead atoms. The molecule has 1 atom stereocenters. The first kappa shape index (κ1) is 26.4. The van der Waals surface area contributed by atoms with Crippen molar-refractivity contribution in [3.05, 3.63) is 64.2 Å². The van der Waals surface area contributed by atoms with E-state index in [2.05, 4.69) is 31.2 Å². The molecule has 2 aliphatic rings. The normalized spacial score (nSPS) is 18.0. The van der Waals surface area contributed by atoms with E-state index in [0.29, 0.717) is 10.0 Å². The number of hydrogen-bond donors (Lipinski definition) is 1. The monoisotopic (exact) mass is 590 g/mol. The highest BCUT2D eigenvalue weighted by Gasteiger charge is 2.53. The maximum absolute atomic E-state index is 13.8. The van der Waals surface area contributed by atoms with E-state index in [1.807, 2.05) is 0 Å². The number of nitrogens with one attached hydrogen (secondary N) is 1. The van der Waals surface area contributed by atoms with Gasteiger partial charge >= 0.3 is 12.1 Å². The number of rotatable bonds is 7. The highest BCUT2D eigenvalue weighted by molar-refractivity contribution is 9.12. The first-order valence-corrected chi connectivity index (χ1v) is 13.3. The van der Waals surface area contributed by atoms with E-state index < -0.39 is 29.4 Å². The number of benzene rings is 1. The van der Waals surface area contributed by atoms with Crippen molar-refractivity contribution < 1.29 is 27.5 Å². The number of allylic oxidation sites excluding steroid dienone is 2. The second-order valence-corrected chi connectivity index (χ2v) is 10.4. The van der Waals surface area contributed by atoms with Crippen molar-refractivity contribution in [3.8, 4) is 5.69 Å². The van der Waals surface area contributed by atoms with E-state index in [1.54, 1.807) is 31.2 Å². The third kappa shape index (κ3) is 4.61. The highest BCUT2D eigenvalue weighted by atomic mass is 79.9. The number of fused-ring (bicyclic) bond motifs is 1. The van der Waals surface area contributed by atoms with Gasteiger partial charge in [0.15, 0.2) is 11.4 Å². The van der Waals surface area contributed by atoms with Crippen molar-refractivity contribution in [3.63, 3.8) is 0 Å². The summed E-state index contributed by atoms with van der Waals surface area (Å²) in [5.74, 6) is -1.46. The van der Waals surface area contributed by atoms with Gasteiger partial charge in [-0.05, 0) is 65.5 Å². The first-order valence-electron chi connectivity index (χ1n) is 12.5. The largest absolute Gasteiger partial charge is 0.464 e. The van der Waals surface area contributed by atoms with Crippen LogP contribution in [0.3, 0.4) is 0 Å². The molecule has 38 heavy (non-hydrogen) atoms. The molecule has 1 fully saturated rings. The molecule has 0 aliphatic heterocycles. The summed E-state index contributed by atoms with van der Waals surface area (Å²) in [6, 6.07) is 8.69. The van der Waals surface area contributed by atoms with Crippen LogP contribution in [0.2, 0.25) is 0 Å². The lowest BCUT2D eigenvalue weighted by Gasteiger charge is -2.46. The van der Waals surface area contributed by atoms with Gasteiger partial charge in [0.05, 0.1) is 16.5 Å². The molecule has 0 unspecified atom stereocenters. The molecule has 1 saturated carbocycles. The van der Waals surface area contributed by atoms with Crippen LogP contribution < -0.4 is 5.32 Å². The molecule has 0 saturated heterocycles. The number of halogens is 4. The summed E-state index contributed by atoms with van der Waals surface area (Å²) in [6.07, 6.45) is 1.41. The van der Waals surface area contributed by atoms with Gasteiger partial charge in [0.25, 0.3) is 0 Å². The second-order valence-electron chi connectivity index (χ2n) is 9.60. The zero-order valence-corrected chi connectivity index (χ0v) is 22.2. The average Bonchev–Trinajstić information content (AvgIpc) is 3.32. The van der Waals surface area contributed by atoms with E-state index in [1.165, 1.54) is 18.3 Å². The number of imidazole rings is 1. The van der Waals surface area contributed by atoms with Crippen molar-refractivity contribution in [1.82, 2.24) is 19.9 Å². The van der Waals surface area contributed by atoms with E-state index in [4.69, 9.17) is 4.74 Å². The van der Waals surface area contributed by atoms with Gasteiger partial charge < -0.3 is 10.1 Å². The summed E-state index contributed by atoms with van der Waals surface area (Å²) < 4.78 is 48.0. The Morgan fingerprint density at radius 1 is 1.18 bits per heavy atom. The van der Waals surface area contributed by atoms with Crippen LogP contribution in [0.25, 0.3) is 16.9 Å². The van der Waals surface area contributed by atoms with Gasteiger partial charge in [0.2, 0.25) is 5.82 Å². The summed E-state index contributed by atoms with van der Waals surface area (Å²) in [7, 11) is 0. The molecule has 0 amide bonds.